The number of hydrogen-bond donors (Lipinski definition) is 0. The van der Waals surface area contributed by atoms with E-state index in [9.17, 15) is 0 Å². The summed E-state index contributed by atoms with van der Waals surface area (Å²) in [6.07, 6.45) is 0.926. The van der Waals surface area contributed by atoms with Gasteiger partial charge in [0.1, 0.15) is 0 Å². The Hall–Kier alpha value is -0.0765. The number of nitrogens with zero attached hydrogens (tertiary/aromatic N) is 3. The maximum atomic E-state index is 4.61. The third kappa shape index (κ3) is 10.8. The van der Waals surface area contributed by atoms with Crippen LogP contribution < -0.4 is 0 Å². The Morgan fingerprint density at radius 2 is 1.65 bits per heavy atom. The van der Waals surface area contributed by atoms with Crippen LogP contribution >= 0.6 is 0 Å². The minimum atomic E-state index is -0.00988. The number of likely N-dealkylation sites (N-methyl/N-ethyl adjacent to an activating group) is 1. The van der Waals surface area contributed by atoms with E-state index in [4.69, 9.17) is 0 Å². The van der Waals surface area contributed by atoms with Gasteiger partial charge in [-0.2, -0.15) is 0 Å². The van der Waals surface area contributed by atoms with Crippen molar-refractivity contribution in [1.82, 2.24) is 4.90 Å². The van der Waals surface area contributed by atoms with Gasteiger partial charge in [-0.25, -0.2) is 0 Å². The first-order chi connectivity index (χ1) is 7.42. The Balaban J connectivity index is 0. The van der Waals surface area contributed by atoms with Gasteiger partial charge in [-0.15, -0.1) is 0 Å². The average molecular weight is 285 g/mol. The van der Waals surface area contributed by atoms with E-state index in [1.807, 2.05) is 0 Å². The molecule has 0 atom stereocenters. The van der Waals surface area contributed by atoms with Gasteiger partial charge in [-0.1, -0.05) is 47.4 Å². The summed E-state index contributed by atoms with van der Waals surface area (Å²) in [4.78, 5) is 6.99. The fourth-order valence-corrected chi connectivity index (χ4v) is 1.47. The van der Waals surface area contributed by atoms with E-state index in [1.54, 1.807) is 0 Å². The largest absolute Gasteiger partial charge is 0.468 e. The van der Waals surface area contributed by atoms with Crippen LogP contribution in [0.1, 0.15) is 48.0 Å². The van der Waals surface area contributed by atoms with E-state index in [2.05, 4.69) is 56.8 Å². The van der Waals surface area contributed by atoms with Crippen LogP contribution in [0.3, 0.4) is 0 Å². The second-order valence-electron chi connectivity index (χ2n) is 4.96. The van der Waals surface area contributed by atoms with Crippen molar-refractivity contribution in [3.63, 3.8) is 0 Å². The average Bonchev–Trinajstić information content (AvgIpc) is 2.21. The van der Waals surface area contributed by atoms with E-state index >= 15 is 0 Å². The number of rotatable bonds is 6. The van der Waals surface area contributed by atoms with Crippen molar-refractivity contribution in [2.24, 2.45) is 4.99 Å². The van der Waals surface area contributed by atoms with Crippen molar-refractivity contribution in [3.05, 3.63) is 5.32 Å². The molecule has 0 bridgehead atoms. The van der Waals surface area contributed by atoms with Crippen molar-refractivity contribution >= 4 is 5.84 Å². The smallest absolute Gasteiger partial charge is 0 e. The molecule has 0 aromatic carbocycles. The van der Waals surface area contributed by atoms with Gasteiger partial charge in [-0.3, -0.25) is 0 Å². The normalized spacial score (nSPS) is 12.5. The number of aliphatic imine (C=N–C) groups is 1. The van der Waals surface area contributed by atoms with Crippen LogP contribution in [-0.2, 0) is 16.5 Å². The molecule has 0 radical (unpaired) electrons. The molecule has 0 saturated carbocycles. The summed E-state index contributed by atoms with van der Waals surface area (Å²) in [5.74, 6) is 1.000. The van der Waals surface area contributed by atoms with Crippen molar-refractivity contribution in [1.29, 1.82) is 0 Å². The maximum absolute atomic E-state index is 4.61. The zero-order chi connectivity index (χ0) is 12.6. The van der Waals surface area contributed by atoms with E-state index in [-0.39, 0.29) is 22.0 Å². The summed E-state index contributed by atoms with van der Waals surface area (Å²) in [5, 5.41) is 4.57. The number of hydrogen-bond acceptors (Lipinski definition) is 2. The van der Waals surface area contributed by atoms with Crippen molar-refractivity contribution in [2.45, 2.75) is 53.5 Å². The molecular weight excluding hydrogens is 257 g/mol. The van der Waals surface area contributed by atoms with E-state index in [0.29, 0.717) is 0 Å². The quantitative estimate of drug-likeness (QED) is 0.418. The van der Waals surface area contributed by atoms with Gasteiger partial charge in [-0.05, 0) is 38.1 Å². The molecule has 0 spiro atoms. The molecule has 0 unspecified atom stereocenters. The van der Waals surface area contributed by atoms with Crippen LogP contribution in [-0.4, -0.2) is 42.5 Å². The van der Waals surface area contributed by atoms with Gasteiger partial charge >= 0.3 is 0 Å². The maximum Gasteiger partial charge on any atom is 0 e. The zero-order valence-corrected chi connectivity index (χ0v) is 13.2. The van der Waals surface area contributed by atoms with Gasteiger partial charge in [0.25, 0.3) is 0 Å². The molecular formula is C13H28N3Ni-. The summed E-state index contributed by atoms with van der Waals surface area (Å²) in [5.41, 5.74) is -0.00988. The Morgan fingerprint density at radius 3 is 2.00 bits per heavy atom. The van der Waals surface area contributed by atoms with Gasteiger partial charge in [0.2, 0.25) is 0 Å². The molecule has 106 valence electrons. The molecule has 0 aromatic heterocycles. The molecule has 4 heteroatoms. The summed E-state index contributed by atoms with van der Waals surface area (Å²) < 4.78 is 0. The van der Waals surface area contributed by atoms with Crippen LogP contribution in [0.4, 0.5) is 0 Å². The van der Waals surface area contributed by atoms with Gasteiger partial charge in [0.15, 0.2) is 0 Å². The summed E-state index contributed by atoms with van der Waals surface area (Å²) in [6, 6.07) is 0. The number of amidine groups is 1. The molecule has 3 nitrogen and oxygen atoms in total. The molecule has 0 fully saturated rings. The third-order valence-corrected chi connectivity index (χ3v) is 2.39. The molecule has 0 aliphatic carbocycles. The Morgan fingerprint density at radius 1 is 1.12 bits per heavy atom. The molecule has 17 heavy (non-hydrogen) atoms. The van der Waals surface area contributed by atoms with E-state index in [1.165, 1.54) is 0 Å². The van der Waals surface area contributed by atoms with Crippen molar-refractivity contribution in [3.8, 4) is 0 Å². The molecule has 0 aliphatic rings. The summed E-state index contributed by atoms with van der Waals surface area (Å²) in [7, 11) is 0. The molecule has 0 N–H and O–H groups in total. The Labute approximate surface area is 117 Å². The predicted octanol–water partition coefficient (Wildman–Crippen LogP) is 3.31. The second kappa shape index (κ2) is 9.90. The fourth-order valence-electron chi connectivity index (χ4n) is 1.47. The first kappa shape index (κ1) is 19.3. The third-order valence-electron chi connectivity index (χ3n) is 2.39. The Kier molecular flexibility index (Phi) is 11.2. The van der Waals surface area contributed by atoms with Crippen LogP contribution in [0, 0.1) is 0 Å². The molecule has 0 saturated heterocycles. The van der Waals surface area contributed by atoms with E-state index in [0.717, 1.165) is 38.4 Å². The zero-order valence-electron chi connectivity index (χ0n) is 12.2. The topological polar surface area (TPSA) is 29.7 Å². The summed E-state index contributed by atoms with van der Waals surface area (Å²) >= 11 is 0. The van der Waals surface area contributed by atoms with Crippen LogP contribution in [0.5, 0.6) is 0 Å². The predicted molar refractivity (Wildman–Crippen MR) is 73.5 cm³/mol. The second-order valence-corrected chi connectivity index (χ2v) is 4.96. The van der Waals surface area contributed by atoms with Crippen LogP contribution in [0.25, 0.3) is 5.32 Å². The van der Waals surface area contributed by atoms with Gasteiger partial charge < -0.3 is 15.2 Å². The molecule has 0 rings (SSSR count). The van der Waals surface area contributed by atoms with Gasteiger partial charge in [0, 0.05) is 16.5 Å². The van der Waals surface area contributed by atoms with Crippen LogP contribution in [0.15, 0.2) is 4.99 Å². The summed E-state index contributed by atoms with van der Waals surface area (Å²) in [6.45, 7) is 16.9. The Bertz CT molecular complexity index is 205. The first-order valence-electron chi connectivity index (χ1n) is 6.41. The fraction of sp³-hybridized carbons (Fsp3) is 0.923. The SMILES string of the molecule is CCC(=NC(C)(C)C)[N-]CCN(CC)CC.[Ni]. The molecule has 0 aromatic rings. The van der Waals surface area contributed by atoms with Crippen molar-refractivity contribution < 1.29 is 16.5 Å². The molecule has 0 aliphatic heterocycles. The monoisotopic (exact) mass is 284 g/mol. The van der Waals surface area contributed by atoms with Gasteiger partial charge in [0.05, 0.1) is 0 Å². The first-order valence-corrected chi connectivity index (χ1v) is 6.41. The van der Waals surface area contributed by atoms with Crippen molar-refractivity contribution in [2.75, 3.05) is 26.2 Å². The standard InChI is InChI=1S/C13H28N3.Ni/c1-7-12(15-13(4,5)6)14-10-11-16(8-2)9-3;/h7-11H2,1-6H3;/q-1;. The molecule has 0 amide bonds. The molecule has 0 heterocycles. The minimum absolute atomic E-state index is 0. The van der Waals surface area contributed by atoms with Crippen LogP contribution in [0.2, 0.25) is 0 Å². The minimum Gasteiger partial charge on any atom is -0.468 e. The van der Waals surface area contributed by atoms with E-state index < -0.39 is 0 Å².